The van der Waals surface area contributed by atoms with Crippen molar-refractivity contribution in [2.75, 3.05) is 17.2 Å². The molecule has 0 bridgehead atoms. The Balaban J connectivity index is 1.60. The quantitative estimate of drug-likeness (QED) is 0.642. The fourth-order valence-corrected chi connectivity index (χ4v) is 3.15. The van der Waals surface area contributed by atoms with Gasteiger partial charge in [0.05, 0.1) is 11.8 Å². The van der Waals surface area contributed by atoms with Crippen LogP contribution in [-0.2, 0) is 0 Å². The van der Waals surface area contributed by atoms with Gasteiger partial charge in [0.25, 0.3) is 5.91 Å². The molecule has 3 rings (SSSR count). The van der Waals surface area contributed by atoms with Crippen molar-refractivity contribution in [3.63, 3.8) is 0 Å². The van der Waals surface area contributed by atoms with Gasteiger partial charge < -0.3 is 15.4 Å². The van der Waals surface area contributed by atoms with E-state index in [2.05, 4.69) is 26.7 Å². The van der Waals surface area contributed by atoms with Crippen molar-refractivity contribution in [3.05, 3.63) is 53.9 Å². The number of nitrogens with zero attached hydrogens (tertiary/aromatic N) is 2. The van der Waals surface area contributed by atoms with E-state index in [1.165, 1.54) is 31.3 Å². The van der Waals surface area contributed by atoms with Crippen molar-refractivity contribution in [2.24, 2.45) is 0 Å². The van der Waals surface area contributed by atoms with Crippen LogP contribution in [0.1, 0.15) is 56.4 Å². The van der Waals surface area contributed by atoms with Gasteiger partial charge in [0.15, 0.2) is 0 Å². The van der Waals surface area contributed by atoms with Crippen LogP contribution in [-0.4, -0.2) is 28.5 Å². The molecular formula is C22H28N4O2. The minimum atomic E-state index is -0.291. The summed E-state index contributed by atoms with van der Waals surface area (Å²) in [4.78, 5) is 21.2. The zero-order valence-electron chi connectivity index (χ0n) is 16.6. The van der Waals surface area contributed by atoms with Crippen LogP contribution in [0, 0.1) is 0 Å². The Hall–Kier alpha value is -2.89. The third-order valence-corrected chi connectivity index (χ3v) is 4.50. The van der Waals surface area contributed by atoms with Gasteiger partial charge in [0.2, 0.25) is 5.95 Å². The Bertz CT molecular complexity index is 833. The van der Waals surface area contributed by atoms with Gasteiger partial charge in [0, 0.05) is 12.7 Å². The summed E-state index contributed by atoms with van der Waals surface area (Å²) in [5, 5.41) is 6.10. The molecule has 148 valence electrons. The van der Waals surface area contributed by atoms with E-state index in [4.69, 9.17) is 4.74 Å². The molecule has 0 spiro atoms. The molecule has 1 aliphatic rings. The molecule has 1 amide bonds. The maximum atomic E-state index is 12.6. The Morgan fingerprint density at radius 3 is 2.86 bits per heavy atom. The first-order valence-corrected chi connectivity index (χ1v) is 9.93. The number of carbonyl (C=O) groups is 1. The van der Waals surface area contributed by atoms with Crippen LogP contribution in [0.4, 0.5) is 11.6 Å². The second kappa shape index (κ2) is 9.88. The number of allylic oxidation sites excluding steroid dienone is 1. The molecule has 0 aliphatic heterocycles. The van der Waals surface area contributed by atoms with Gasteiger partial charge in [-0.1, -0.05) is 23.8 Å². The average Bonchev–Trinajstić information content (AvgIpc) is 2.70. The molecule has 1 aromatic heterocycles. The molecular weight excluding hydrogens is 352 g/mol. The predicted molar refractivity (Wildman–Crippen MR) is 112 cm³/mol. The van der Waals surface area contributed by atoms with Crippen molar-refractivity contribution in [1.29, 1.82) is 0 Å². The molecule has 6 heteroatoms. The molecule has 0 saturated heterocycles. The van der Waals surface area contributed by atoms with Gasteiger partial charge in [0.1, 0.15) is 11.4 Å². The number of anilines is 2. The molecule has 0 radical (unpaired) electrons. The summed E-state index contributed by atoms with van der Waals surface area (Å²) in [6.45, 7) is 4.66. The van der Waals surface area contributed by atoms with Crippen LogP contribution in [0.2, 0.25) is 0 Å². The number of hydrogen-bond acceptors (Lipinski definition) is 5. The summed E-state index contributed by atoms with van der Waals surface area (Å²) in [5.41, 5.74) is 2.43. The van der Waals surface area contributed by atoms with Gasteiger partial charge in [-0.3, -0.25) is 4.79 Å². The third kappa shape index (κ3) is 5.81. The first kappa shape index (κ1) is 19.9. The molecule has 0 fully saturated rings. The summed E-state index contributed by atoms with van der Waals surface area (Å²) in [5.74, 6) is 0.815. The van der Waals surface area contributed by atoms with Crippen molar-refractivity contribution in [2.45, 2.75) is 52.1 Å². The molecule has 0 saturated carbocycles. The summed E-state index contributed by atoms with van der Waals surface area (Å²) < 4.78 is 5.75. The van der Waals surface area contributed by atoms with E-state index in [0.717, 1.165) is 13.0 Å². The number of benzene rings is 1. The minimum Gasteiger partial charge on any atom is -0.489 e. The van der Waals surface area contributed by atoms with Crippen molar-refractivity contribution in [1.82, 2.24) is 9.97 Å². The Kier molecular flexibility index (Phi) is 7.00. The maximum Gasteiger partial charge on any atom is 0.274 e. The highest BCUT2D eigenvalue weighted by Gasteiger charge is 2.13. The highest BCUT2D eigenvalue weighted by molar-refractivity contribution is 6.03. The maximum absolute atomic E-state index is 12.6. The van der Waals surface area contributed by atoms with Crippen molar-refractivity contribution >= 4 is 17.5 Å². The largest absolute Gasteiger partial charge is 0.489 e. The molecule has 0 unspecified atom stereocenters. The van der Waals surface area contributed by atoms with Gasteiger partial charge in [-0.2, -0.15) is 0 Å². The molecule has 1 aliphatic carbocycles. The second-order valence-electron chi connectivity index (χ2n) is 7.17. The van der Waals surface area contributed by atoms with E-state index in [9.17, 15) is 4.79 Å². The van der Waals surface area contributed by atoms with Gasteiger partial charge in [-0.25, -0.2) is 9.97 Å². The van der Waals surface area contributed by atoms with Gasteiger partial charge in [-0.05, 0) is 64.2 Å². The molecule has 2 N–H and O–H groups in total. The number of carbonyl (C=O) groups excluding carboxylic acids is 1. The smallest absolute Gasteiger partial charge is 0.274 e. The number of hydrogen-bond donors (Lipinski definition) is 2. The molecule has 6 nitrogen and oxygen atoms in total. The van der Waals surface area contributed by atoms with E-state index >= 15 is 0 Å². The van der Waals surface area contributed by atoms with E-state index in [1.54, 1.807) is 12.3 Å². The lowest BCUT2D eigenvalue weighted by Crippen LogP contribution is -2.17. The SMILES string of the molecule is CC(C)Oc1ccccc1NC(=O)c1ccnc(NCCC2=CCCCC2)n1. The van der Waals surface area contributed by atoms with E-state index < -0.39 is 0 Å². The Labute approximate surface area is 166 Å². The number of aromatic nitrogens is 2. The van der Waals surface area contributed by atoms with Gasteiger partial charge in [-0.15, -0.1) is 0 Å². The zero-order chi connectivity index (χ0) is 19.8. The van der Waals surface area contributed by atoms with Crippen LogP contribution in [0.25, 0.3) is 0 Å². The first-order chi connectivity index (χ1) is 13.6. The third-order valence-electron chi connectivity index (χ3n) is 4.50. The number of nitrogens with one attached hydrogen (secondary N) is 2. The fraction of sp³-hybridized carbons (Fsp3) is 0.409. The highest BCUT2D eigenvalue weighted by atomic mass is 16.5. The lowest BCUT2D eigenvalue weighted by atomic mass is 9.97. The first-order valence-electron chi connectivity index (χ1n) is 9.93. The van der Waals surface area contributed by atoms with Crippen LogP contribution in [0.15, 0.2) is 48.2 Å². The average molecular weight is 380 g/mol. The van der Waals surface area contributed by atoms with Crippen LogP contribution >= 0.6 is 0 Å². The summed E-state index contributed by atoms with van der Waals surface area (Å²) >= 11 is 0. The molecule has 1 aromatic carbocycles. The highest BCUT2D eigenvalue weighted by Crippen LogP contribution is 2.25. The predicted octanol–water partition coefficient (Wildman–Crippen LogP) is 4.82. The Morgan fingerprint density at radius 2 is 2.07 bits per heavy atom. The minimum absolute atomic E-state index is 0.0205. The van der Waals surface area contributed by atoms with E-state index in [0.29, 0.717) is 23.1 Å². The van der Waals surface area contributed by atoms with Crippen LogP contribution in [0.5, 0.6) is 5.75 Å². The lowest BCUT2D eigenvalue weighted by Gasteiger charge is -2.15. The molecule has 1 heterocycles. The monoisotopic (exact) mass is 380 g/mol. The summed E-state index contributed by atoms with van der Waals surface area (Å²) in [7, 11) is 0. The van der Waals surface area contributed by atoms with Crippen molar-refractivity contribution < 1.29 is 9.53 Å². The number of para-hydroxylation sites is 2. The van der Waals surface area contributed by atoms with Crippen LogP contribution < -0.4 is 15.4 Å². The zero-order valence-corrected chi connectivity index (χ0v) is 16.6. The summed E-state index contributed by atoms with van der Waals surface area (Å²) in [6, 6.07) is 8.99. The lowest BCUT2D eigenvalue weighted by molar-refractivity contribution is 0.102. The van der Waals surface area contributed by atoms with E-state index in [-0.39, 0.29) is 12.0 Å². The number of rotatable bonds is 8. The van der Waals surface area contributed by atoms with Gasteiger partial charge >= 0.3 is 0 Å². The fourth-order valence-electron chi connectivity index (χ4n) is 3.15. The van der Waals surface area contributed by atoms with E-state index in [1.807, 2.05) is 38.1 Å². The topological polar surface area (TPSA) is 76.1 Å². The normalized spacial score (nSPS) is 13.8. The molecule has 28 heavy (non-hydrogen) atoms. The summed E-state index contributed by atoms with van der Waals surface area (Å²) in [6.07, 6.45) is 9.88. The van der Waals surface area contributed by atoms with Crippen molar-refractivity contribution in [3.8, 4) is 5.75 Å². The second-order valence-corrected chi connectivity index (χ2v) is 7.17. The number of amides is 1. The standard InChI is InChI=1S/C22H28N4O2/c1-16(2)28-20-11-7-6-10-18(20)25-21(27)19-13-15-24-22(26-19)23-14-12-17-8-4-3-5-9-17/h6-8,10-11,13,15-16H,3-5,9,12,14H2,1-2H3,(H,25,27)(H,23,24,26). The Morgan fingerprint density at radius 1 is 1.21 bits per heavy atom. The molecule has 0 atom stereocenters. The van der Waals surface area contributed by atoms with Crippen LogP contribution in [0.3, 0.4) is 0 Å². The molecule has 2 aromatic rings. The number of ether oxygens (including phenoxy) is 1.